The number of aromatic nitrogens is 1. The van der Waals surface area contributed by atoms with Gasteiger partial charge in [-0.1, -0.05) is 19.9 Å². The Morgan fingerprint density at radius 3 is 2.95 bits per heavy atom. The van der Waals surface area contributed by atoms with Crippen LogP contribution in [0.4, 0.5) is 0 Å². The SMILES string of the molecule is CC(C)c1nc2cc(C3CC(C(=O)O)CN3)ccc2o1. The van der Waals surface area contributed by atoms with Gasteiger partial charge >= 0.3 is 5.97 Å². The molecule has 5 heteroatoms. The van der Waals surface area contributed by atoms with Crippen LogP contribution in [0, 0.1) is 5.92 Å². The number of nitrogens with zero attached hydrogens (tertiary/aromatic N) is 1. The van der Waals surface area contributed by atoms with Crippen molar-refractivity contribution in [3.8, 4) is 0 Å². The van der Waals surface area contributed by atoms with E-state index in [-0.39, 0.29) is 17.9 Å². The van der Waals surface area contributed by atoms with Crippen LogP contribution in [0.2, 0.25) is 0 Å². The number of carboxylic acid groups (broad SMARTS) is 1. The van der Waals surface area contributed by atoms with Crippen LogP contribution in [-0.4, -0.2) is 22.6 Å². The summed E-state index contributed by atoms with van der Waals surface area (Å²) in [5.74, 6) is -0.0457. The molecule has 2 aromatic rings. The summed E-state index contributed by atoms with van der Waals surface area (Å²) in [6, 6.07) is 5.98. The van der Waals surface area contributed by atoms with E-state index in [1.807, 2.05) is 32.0 Å². The minimum atomic E-state index is -0.732. The molecule has 2 unspecified atom stereocenters. The summed E-state index contributed by atoms with van der Waals surface area (Å²) >= 11 is 0. The first-order chi connectivity index (χ1) is 9.54. The average molecular weight is 274 g/mol. The number of hydrogen-bond acceptors (Lipinski definition) is 4. The van der Waals surface area contributed by atoms with E-state index in [0.717, 1.165) is 22.6 Å². The second-order valence-corrected chi connectivity index (χ2v) is 5.67. The zero-order valence-corrected chi connectivity index (χ0v) is 11.6. The lowest BCUT2D eigenvalue weighted by Gasteiger charge is -2.09. The van der Waals surface area contributed by atoms with Crippen molar-refractivity contribution in [1.82, 2.24) is 10.3 Å². The van der Waals surface area contributed by atoms with Crippen molar-refractivity contribution in [3.05, 3.63) is 29.7 Å². The van der Waals surface area contributed by atoms with Gasteiger partial charge in [0, 0.05) is 18.5 Å². The maximum atomic E-state index is 11.0. The second-order valence-electron chi connectivity index (χ2n) is 5.67. The fourth-order valence-electron chi connectivity index (χ4n) is 2.60. The van der Waals surface area contributed by atoms with Gasteiger partial charge in [-0.3, -0.25) is 4.79 Å². The molecule has 5 nitrogen and oxygen atoms in total. The highest BCUT2D eigenvalue weighted by Crippen LogP contribution is 2.30. The van der Waals surface area contributed by atoms with E-state index in [0.29, 0.717) is 13.0 Å². The van der Waals surface area contributed by atoms with Crippen LogP contribution < -0.4 is 5.32 Å². The first kappa shape index (κ1) is 13.1. The molecule has 0 saturated carbocycles. The molecule has 2 heterocycles. The number of nitrogens with one attached hydrogen (secondary N) is 1. The van der Waals surface area contributed by atoms with E-state index >= 15 is 0 Å². The number of aliphatic carboxylic acids is 1. The molecule has 0 aliphatic carbocycles. The third-order valence-corrected chi connectivity index (χ3v) is 3.80. The summed E-state index contributed by atoms with van der Waals surface area (Å²) in [4.78, 5) is 15.5. The van der Waals surface area contributed by atoms with Gasteiger partial charge in [-0.05, 0) is 24.1 Å². The molecule has 106 valence electrons. The minimum absolute atomic E-state index is 0.0831. The summed E-state index contributed by atoms with van der Waals surface area (Å²) in [6.45, 7) is 4.61. The predicted molar refractivity (Wildman–Crippen MR) is 74.6 cm³/mol. The normalized spacial score (nSPS) is 22.8. The predicted octanol–water partition coefficient (Wildman–Crippen LogP) is 2.69. The third-order valence-electron chi connectivity index (χ3n) is 3.80. The van der Waals surface area contributed by atoms with Crippen LogP contribution in [0.5, 0.6) is 0 Å². The van der Waals surface area contributed by atoms with E-state index < -0.39 is 5.97 Å². The van der Waals surface area contributed by atoms with Crippen LogP contribution in [0.1, 0.15) is 43.7 Å². The van der Waals surface area contributed by atoms with Gasteiger partial charge in [0.15, 0.2) is 11.5 Å². The van der Waals surface area contributed by atoms with Crippen molar-refractivity contribution in [2.24, 2.45) is 5.92 Å². The van der Waals surface area contributed by atoms with Crippen LogP contribution in [-0.2, 0) is 4.79 Å². The van der Waals surface area contributed by atoms with Gasteiger partial charge in [0.25, 0.3) is 0 Å². The Labute approximate surface area is 117 Å². The molecule has 2 atom stereocenters. The molecule has 20 heavy (non-hydrogen) atoms. The Hall–Kier alpha value is -1.88. The largest absolute Gasteiger partial charge is 0.481 e. The number of carbonyl (C=O) groups is 1. The van der Waals surface area contributed by atoms with Crippen molar-refractivity contribution in [2.75, 3.05) is 6.54 Å². The fourth-order valence-corrected chi connectivity index (χ4v) is 2.60. The van der Waals surface area contributed by atoms with Gasteiger partial charge in [-0.25, -0.2) is 4.98 Å². The van der Waals surface area contributed by atoms with Gasteiger partial charge < -0.3 is 14.8 Å². The lowest BCUT2D eigenvalue weighted by molar-refractivity contribution is -0.141. The molecule has 0 radical (unpaired) electrons. The highest BCUT2D eigenvalue weighted by molar-refractivity contribution is 5.74. The Morgan fingerprint density at radius 2 is 2.30 bits per heavy atom. The topological polar surface area (TPSA) is 75.4 Å². The highest BCUT2D eigenvalue weighted by Gasteiger charge is 2.30. The number of benzene rings is 1. The lowest BCUT2D eigenvalue weighted by Crippen LogP contribution is -2.17. The quantitative estimate of drug-likeness (QED) is 0.900. The first-order valence-electron chi connectivity index (χ1n) is 6.91. The molecule has 1 aliphatic heterocycles. The molecule has 1 fully saturated rings. The summed E-state index contributed by atoms with van der Waals surface area (Å²) < 4.78 is 5.68. The first-order valence-corrected chi connectivity index (χ1v) is 6.91. The van der Waals surface area contributed by atoms with E-state index in [4.69, 9.17) is 9.52 Å². The number of fused-ring (bicyclic) bond motifs is 1. The number of hydrogen-bond donors (Lipinski definition) is 2. The van der Waals surface area contributed by atoms with Gasteiger partial charge in [0.2, 0.25) is 0 Å². The molecular formula is C15H18N2O3. The molecule has 0 amide bonds. The van der Waals surface area contributed by atoms with Crippen molar-refractivity contribution in [2.45, 2.75) is 32.2 Å². The molecule has 0 spiro atoms. The molecule has 3 rings (SSSR count). The summed E-state index contributed by atoms with van der Waals surface area (Å²) in [7, 11) is 0. The van der Waals surface area contributed by atoms with E-state index in [1.165, 1.54) is 0 Å². The van der Waals surface area contributed by atoms with E-state index in [1.54, 1.807) is 0 Å². The molecule has 1 aromatic heterocycles. The zero-order valence-electron chi connectivity index (χ0n) is 11.6. The smallest absolute Gasteiger partial charge is 0.307 e. The molecular weight excluding hydrogens is 256 g/mol. The zero-order chi connectivity index (χ0) is 14.3. The Morgan fingerprint density at radius 1 is 1.50 bits per heavy atom. The lowest BCUT2D eigenvalue weighted by atomic mass is 10.00. The van der Waals surface area contributed by atoms with Gasteiger partial charge in [-0.2, -0.15) is 0 Å². The minimum Gasteiger partial charge on any atom is -0.481 e. The Kier molecular flexibility index (Phi) is 3.22. The second kappa shape index (κ2) is 4.90. The standard InChI is InChI=1S/C15H18N2O3/c1-8(2)14-17-12-5-9(3-4-13(12)20-14)11-6-10(7-16-11)15(18)19/h3-5,8,10-11,16H,6-7H2,1-2H3,(H,18,19). The summed E-state index contributed by atoms with van der Waals surface area (Å²) in [5.41, 5.74) is 2.70. The number of carboxylic acids is 1. The Bertz CT molecular complexity index is 648. The Balaban J connectivity index is 1.88. The molecule has 0 bridgehead atoms. The van der Waals surface area contributed by atoms with E-state index in [2.05, 4.69) is 10.3 Å². The van der Waals surface area contributed by atoms with Crippen molar-refractivity contribution >= 4 is 17.1 Å². The van der Waals surface area contributed by atoms with Crippen molar-refractivity contribution < 1.29 is 14.3 Å². The van der Waals surface area contributed by atoms with Gasteiger partial charge in [0.1, 0.15) is 5.52 Å². The average Bonchev–Trinajstić information content (AvgIpc) is 3.04. The summed E-state index contributed by atoms with van der Waals surface area (Å²) in [6.07, 6.45) is 0.621. The van der Waals surface area contributed by atoms with E-state index in [9.17, 15) is 4.79 Å². The van der Waals surface area contributed by atoms with Gasteiger partial charge in [0.05, 0.1) is 5.92 Å². The van der Waals surface area contributed by atoms with Crippen molar-refractivity contribution in [1.29, 1.82) is 0 Å². The maximum Gasteiger partial charge on any atom is 0.307 e. The number of oxazole rings is 1. The third kappa shape index (κ3) is 2.29. The molecule has 1 aliphatic rings. The monoisotopic (exact) mass is 274 g/mol. The maximum absolute atomic E-state index is 11.0. The fraction of sp³-hybridized carbons (Fsp3) is 0.467. The van der Waals surface area contributed by atoms with Crippen LogP contribution >= 0.6 is 0 Å². The van der Waals surface area contributed by atoms with Crippen LogP contribution in [0.25, 0.3) is 11.1 Å². The number of rotatable bonds is 3. The molecule has 1 aromatic carbocycles. The van der Waals surface area contributed by atoms with Crippen LogP contribution in [0.3, 0.4) is 0 Å². The van der Waals surface area contributed by atoms with Crippen LogP contribution in [0.15, 0.2) is 22.6 Å². The summed E-state index contributed by atoms with van der Waals surface area (Å²) in [5, 5.41) is 12.3. The molecule has 1 saturated heterocycles. The van der Waals surface area contributed by atoms with Crippen molar-refractivity contribution in [3.63, 3.8) is 0 Å². The van der Waals surface area contributed by atoms with Gasteiger partial charge in [-0.15, -0.1) is 0 Å². The molecule has 2 N–H and O–H groups in total. The highest BCUT2D eigenvalue weighted by atomic mass is 16.4.